The van der Waals surface area contributed by atoms with Gasteiger partial charge in [-0.05, 0) is 19.3 Å². The van der Waals surface area contributed by atoms with Gasteiger partial charge >= 0.3 is 5.97 Å². The molecule has 2 rings (SSSR count). The number of carboxylic acid groups (broad SMARTS) is 1. The van der Waals surface area contributed by atoms with Gasteiger partial charge in [-0.15, -0.1) is 0 Å². The summed E-state index contributed by atoms with van der Waals surface area (Å²) in [6.45, 7) is 1.97. The number of hydrogen-bond donors (Lipinski definition) is 1. The molecule has 1 aromatic heterocycles. The van der Waals surface area contributed by atoms with E-state index in [1.54, 1.807) is 7.11 Å². The Morgan fingerprint density at radius 1 is 1.53 bits per heavy atom. The Balaban J connectivity index is 2.12. The van der Waals surface area contributed by atoms with Gasteiger partial charge in [0.2, 0.25) is 11.7 Å². The van der Waals surface area contributed by atoms with E-state index in [-0.39, 0.29) is 6.10 Å². The van der Waals surface area contributed by atoms with Gasteiger partial charge < -0.3 is 14.4 Å². The third-order valence-corrected chi connectivity index (χ3v) is 3.93. The Morgan fingerprint density at radius 3 is 2.74 bits per heavy atom. The summed E-state index contributed by atoms with van der Waals surface area (Å²) in [7, 11) is 1.60. The molecular formula is C13H20N2O4. The van der Waals surface area contributed by atoms with Crippen LogP contribution in [0.4, 0.5) is 0 Å². The molecule has 1 N–H and O–H groups in total. The van der Waals surface area contributed by atoms with Gasteiger partial charge in [0.25, 0.3) is 0 Å². The number of methoxy groups -OCH3 is 1. The average molecular weight is 268 g/mol. The average Bonchev–Trinajstić information content (AvgIpc) is 3.02. The summed E-state index contributed by atoms with van der Waals surface area (Å²) in [5.41, 5.74) is -0.724. The molecule has 106 valence electrons. The molecule has 1 heterocycles. The summed E-state index contributed by atoms with van der Waals surface area (Å²) in [5.74, 6) is 0.136. The molecule has 0 aromatic carbocycles. The van der Waals surface area contributed by atoms with Crippen molar-refractivity contribution in [2.45, 2.75) is 51.6 Å². The normalized spacial score (nSPS) is 19.5. The Hall–Kier alpha value is -1.43. The van der Waals surface area contributed by atoms with Gasteiger partial charge in [-0.2, -0.15) is 4.98 Å². The number of rotatable bonds is 6. The van der Waals surface area contributed by atoms with Crippen molar-refractivity contribution in [1.29, 1.82) is 0 Å². The maximum Gasteiger partial charge on any atom is 0.310 e. The van der Waals surface area contributed by atoms with E-state index >= 15 is 0 Å². The molecule has 19 heavy (non-hydrogen) atoms. The van der Waals surface area contributed by atoms with Crippen molar-refractivity contribution in [2.75, 3.05) is 7.11 Å². The first kappa shape index (κ1) is 14.0. The predicted octanol–water partition coefficient (Wildman–Crippen LogP) is 2.35. The molecule has 0 amide bonds. The Bertz CT molecular complexity index is 434. The second kappa shape index (κ2) is 5.69. The molecule has 1 fully saturated rings. The van der Waals surface area contributed by atoms with Gasteiger partial charge in [0.1, 0.15) is 6.10 Å². The Morgan fingerprint density at radius 2 is 2.21 bits per heavy atom. The zero-order chi connectivity index (χ0) is 13.9. The Kier molecular flexibility index (Phi) is 4.19. The highest BCUT2D eigenvalue weighted by molar-refractivity contribution is 5.75. The molecule has 0 saturated heterocycles. The number of aromatic nitrogens is 2. The topological polar surface area (TPSA) is 85.5 Å². The van der Waals surface area contributed by atoms with Crippen LogP contribution in [0.15, 0.2) is 4.52 Å². The molecule has 0 radical (unpaired) electrons. The van der Waals surface area contributed by atoms with Crippen LogP contribution in [0.25, 0.3) is 0 Å². The molecule has 1 saturated carbocycles. The molecule has 6 nitrogen and oxygen atoms in total. The number of carboxylic acids is 1. The molecule has 1 aromatic rings. The first-order chi connectivity index (χ1) is 9.11. The molecule has 0 bridgehead atoms. The number of carbonyl (C=O) groups is 1. The highest BCUT2D eigenvalue weighted by Gasteiger charge is 2.43. The minimum Gasteiger partial charge on any atom is -0.481 e. The summed E-state index contributed by atoms with van der Waals surface area (Å²) in [6, 6.07) is 0. The van der Waals surface area contributed by atoms with Crippen molar-refractivity contribution in [3.05, 3.63) is 11.7 Å². The van der Waals surface area contributed by atoms with E-state index in [0.717, 1.165) is 19.3 Å². The van der Waals surface area contributed by atoms with Crippen LogP contribution in [-0.2, 0) is 16.0 Å². The van der Waals surface area contributed by atoms with Crippen LogP contribution < -0.4 is 0 Å². The SMILES string of the molecule is CCC(OC)c1noc(CC2(C(=O)O)CCCC2)n1. The van der Waals surface area contributed by atoms with Crippen molar-refractivity contribution in [3.8, 4) is 0 Å². The van der Waals surface area contributed by atoms with Gasteiger partial charge in [0, 0.05) is 13.5 Å². The fourth-order valence-electron chi connectivity index (χ4n) is 2.73. The van der Waals surface area contributed by atoms with E-state index < -0.39 is 11.4 Å². The number of ether oxygens (including phenoxy) is 1. The summed E-state index contributed by atoms with van der Waals surface area (Å²) >= 11 is 0. The highest BCUT2D eigenvalue weighted by atomic mass is 16.5. The molecule has 1 aliphatic carbocycles. The summed E-state index contributed by atoms with van der Waals surface area (Å²) in [5, 5.41) is 13.3. The van der Waals surface area contributed by atoms with Crippen LogP contribution in [0.1, 0.15) is 56.8 Å². The van der Waals surface area contributed by atoms with Crippen molar-refractivity contribution in [3.63, 3.8) is 0 Å². The van der Waals surface area contributed by atoms with E-state index in [1.165, 1.54) is 0 Å². The van der Waals surface area contributed by atoms with Gasteiger partial charge in [-0.1, -0.05) is 24.9 Å². The van der Waals surface area contributed by atoms with Crippen LogP contribution in [0.3, 0.4) is 0 Å². The molecule has 6 heteroatoms. The molecule has 1 atom stereocenters. The fraction of sp³-hybridized carbons (Fsp3) is 0.769. The van der Waals surface area contributed by atoms with E-state index in [2.05, 4.69) is 10.1 Å². The molecule has 1 unspecified atom stereocenters. The summed E-state index contributed by atoms with van der Waals surface area (Å²) in [4.78, 5) is 15.7. The van der Waals surface area contributed by atoms with Gasteiger partial charge in [-0.25, -0.2) is 0 Å². The Labute approximate surface area is 112 Å². The molecule has 0 spiro atoms. The van der Waals surface area contributed by atoms with Gasteiger partial charge in [0.15, 0.2) is 0 Å². The second-order valence-electron chi connectivity index (χ2n) is 5.15. The molecule has 0 aliphatic heterocycles. The third kappa shape index (κ3) is 2.78. The maximum atomic E-state index is 11.5. The van der Waals surface area contributed by atoms with Crippen LogP contribution in [0.5, 0.6) is 0 Å². The fourth-order valence-corrected chi connectivity index (χ4v) is 2.73. The third-order valence-electron chi connectivity index (χ3n) is 3.93. The predicted molar refractivity (Wildman–Crippen MR) is 66.6 cm³/mol. The van der Waals surface area contributed by atoms with Gasteiger partial charge in [-0.3, -0.25) is 4.79 Å². The largest absolute Gasteiger partial charge is 0.481 e. The highest BCUT2D eigenvalue weighted by Crippen LogP contribution is 2.41. The van der Waals surface area contributed by atoms with Crippen molar-refractivity contribution in [2.24, 2.45) is 5.41 Å². The van der Waals surface area contributed by atoms with E-state index in [1.807, 2.05) is 6.92 Å². The smallest absolute Gasteiger partial charge is 0.310 e. The van der Waals surface area contributed by atoms with Crippen molar-refractivity contribution >= 4 is 5.97 Å². The minimum atomic E-state index is -0.761. The van der Waals surface area contributed by atoms with E-state index in [9.17, 15) is 9.90 Å². The minimum absolute atomic E-state index is 0.193. The van der Waals surface area contributed by atoms with Crippen molar-refractivity contribution in [1.82, 2.24) is 10.1 Å². The van der Waals surface area contributed by atoms with Crippen LogP contribution in [0.2, 0.25) is 0 Å². The lowest BCUT2D eigenvalue weighted by Crippen LogP contribution is -2.30. The quantitative estimate of drug-likeness (QED) is 0.852. The number of aliphatic carboxylic acids is 1. The van der Waals surface area contributed by atoms with E-state index in [0.29, 0.717) is 31.0 Å². The zero-order valence-electron chi connectivity index (χ0n) is 11.4. The molecule has 1 aliphatic rings. The maximum absolute atomic E-state index is 11.5. The van der Waals surface area contributed by atoms with Gasteiger partial charge in [0.05, 0.1) is 5.41 Å². The lowest BCUT2D eigenvalue weighted by Gasteiger charge is -2.21. The first-order valence-electron chi connectivity index (χ1n) is 6.70. The van der Waals surface area contributed by atoms with Crippen LogP contribution >= 0.6 is 0 Å². The zero-order valence-corrected chi connectivity index (χ0v) is 11.4. The standard InChI is InChI=1S/C13H20N2O4/c1-3-9(18-2)11-14-10(19-15-11)8-13(12(16)17)6-4-5-7-13/h9H,3-8H2,1-2H3,(H,16,17). The van der Waals surface area contributed by atoms with Crippen LogP contribution in [0, 0.1) is 5.41 Å². The monoisotopic (exact) mass is 268 g/mol. The van der Waals surface area contributed by atoms with Crippen molar-refractivity contribution < 1.29 is 19.2 Å². The number of nitrogens with zero attached hydrogens (tertiary/aromatic N) is 2. The lowest BCUT2D eigenvalue weighted by atomic mass is 9.83. The first-order valence-corrected chi connectivity index (χ1v) is 6.70. The molecular weight excluding hydrogens is 248 g/mol. The summed E-state index contributed by atoms with van der Waals surface area (Å²) < 4.78 is 10.4. The number of hydrogen-bond acceptors (Lipinski definition) is 5. The summed E-state index contributed by atoms with van der Waals surface area (Å²) in [6.07, 6.45) is 4.13. The van der Waals surface area contributed by atoms with Crippen LogP contribution in [-0.4, -0.2) is 28.3 Å². The lowest BCUT2D eigenvalue weighted by molar-refractivity contribution is -0.148. The second-order valence-corrected chi connectivity index (χ2v) is 5.15. The van der Waals surface area contributed by atoms with E-state index in [4.69, 9.17) is 9.26 Å².